The van der Waals surface area contributed by atoms with Crippen LogP contribution >= 0.6 is 23.2 Å². The zero-order valence-corrected chi connectivity index (χ0v) is 12.4. The summed E-state index contributed by atoms with van der Waals surface area (Å²) in [6, 6.07) is 3.87. The normalized spacial score (nSPS) is 21.3. The molecule has 0 aromatic heterocycles. The summed E-state index contributed by atoms with van der Waals surface area (Å²) in [4.78, 5) is 37.4. The molecule has 2 fully saturated rings. The summed E-state index contributed by atoms with van der Waals surface area (Å²) in [5.41, 5.74) is 0.364. The number of nitrogens with one attached hydrogen (secondary N) is 1. The maximum atomic E-state index is 12.7. The molecule has 7 heteroatoms. The van der Waals surface area contributed by atoms with Crippen molar-refractivity contribution in [1.82, 2.24) is 10.2 Å². The van der Waals surface area contributed by atoms with Crippen LogP contribution in [-0.2, 0) is 9.59 Å². The van der Waals surface area contributed by atoms with Crippen LogP contribution in [0.4, 0.5) is 0 Å². The molecule has 3 amide bonds. The molecule has 21 heavy (non-hydrogen) atoms. The average molecular weight is 327 g/mol. The van der Waals surface area contributed by atoms with E-state index in [1.165, 1.54) is 11.0 Å². The molecule has 1 unspecified atom stereocenters. The Morgan fingerprint density at radius 2 is 1.90 bits per heavy atom. The lowest BCUT2D eigenvalue weighted by Crippen LogP contribution is -2.45. The second-order valence-electron chi connectivity index (χ2n) is 5.20. The van der Waals surface area contributed by atoms with Gasteiger partial charge < -0.3 is 4.90 Å². The van der Waals surface area contributed by atoms with Crippen molar-refractivity contribution in [3.8, 4) is 0 Å². The van der Waals surface area contributed by atoms with E-state index in [9.17, 15) is 14.4 Å². The third-order valence-electron chi connectivity index (χ3n) is 3.62. The van der Waals surface area contributed by atoms with Crippen LogP contribution in [0.2, 0.25) is 10.0 Å². The summed E-state index contributed by atoms with van der Waals surface area (Å²) in [5, 5.41) is 2.88. The van der Waals surface area contributed by atoms with Gasteiger partial charge in [-0.1, -0.05) is 23.2 Å². The number of halogens is 2. The highest BCUT2D eigenvalue weighted by Crippen LogP contribution is 2.33. The van der Waals surface area contributed by atoms with Gasteiger partial charge in [0.05, 0.1) is 16.5 Å². The van der Waals surface area contributed by atoms with Gasteiger partial charge in [-0.2, -0.15) is 0 Å². The molecule has 3 rings (SSSR count). The predicted octanol–water partition coefficient (Wildman–Crippen LogP) is 2.01. The lowest BCUT2D eigenvalue weighted by atomic mass is 10.1. The SMILES string of the molecule is O=C1CC(N(C(=O)c2ccc(Cl)c(Cl)c2)C2CC2)C(=O)N1. The molecule has 1 N–H and O–H groups in total. The molecule has 1 heterocycles. The van der Waals surface area contributed by atoms with Gasteiger partial charge in [0.25, 0.3) is 5.91 Å². The van der Waals surface area contributed by atoms with Gasteiger partial charge in [0.15, 0.2) is 0 Å². The number of carbonyl (C=O) groups is 3. The van der Waals surface area contributed by atoms with E-state index in [0.717, 1.165) is 12.8 Å². The standard InChI is InChI=1S/C14H12Cl2N2O3/c15-9-4-1-7(5-10(9)16)14(21)18(8-2-3-8)11-6-12(19)17-13(11)20/h1,4-5,8,11H,2-3,6H2,(H,17,19,20). The molecule has 1 aromatic carbocycles. The van der Waals surface area contributed by atoms with E-state index >= 15 is 0 Å². The second kappa shape index (κ2) is 5.31. The minimum Gasteiger partial charge on any atom is -0.323 e. The molecular weight excluding hydrogens is 315 g/mol. The van der Waals surface area contributed by atoms with Gasteiger partial charge in [-0.15, -0.1) is 0 Å². The highest BCUT2D eigenvalue weighted by Gasteiger charge is 2.44. The van der Waals surface area contributed by atoms with Gasteiger partial charge in [-0.3, -0.25) is 19.7 Å². The molecule has 1 aromatic rings. The first-order chi connectivity index (χ1) is 9.97. The third kappa shape index (κ3) is 2.76. The van der Waals surface area contributed by atoms with Gasteiger partial charge in [0, 0.05) is 11.6 Å². The Morgan fingerprint density at radius 1 is 1.19 bits per heavy atom. The Labute approximate surface area is 131 Å². The van der Waals surface area contributed by atoms with E-state index in [-0.39, 0.29) is 29.3 Å². The Hall–Kier alpha value is -1.59. The number of rotatable bonds is 3. The van der Waals surface area contributed by atoms with Crippen molar-refractivity contribution in [2.45, 2.75) is 31.3 Å². The van der Waals surface area contributed by atoms with Crippen LogP contribution in [0.15, 0.2) is 18.2 Å². The third-order valence-corrected chi connectivity index (χ3v) is 4.36. The van der Waals surface area contributed by atoms with Crippen LogP contribution in [0.1, 0.15) is 29.6 Å². The van der Waals surface area contributed by atoms with Crippen LogP contribution in [0.25, 0.3) is 0 Å². The molecule has 1 saturated carbocycles. The minimum absolute atomic E-state index is 0.00797. The fraction of sp³-hybridized carbons (Fsp3) is 0.357. The number of benzene rings is 1. The molecule has 0 radical (unpaired) electrons. The zero-order chi connectivity index (χ0) is 15.1. The zero-order valence-electron chi connectivity index (χ0n) is 10.9. The molecule has 1 aliphatic heterocycles. The van der Waals surface area contributed by atoms with Gasteiger partial charge in [0.2, 0.25) is 11.8 Å². The highest BCUT2D eigenvalue weighted by atomic mass is 35.5. The monoisotopic (exact) mass is 326 g/mol. The number of hydrogen-bond donors (Lipinski definition) is 1. The number of hydrogen-bond acceptors (Lipinski definition) is 3. The average Bonchev–Trinajstić information content (AvgIpc) is 3.20. The summed E-state index contributed by atoms with van der Waals surface area (Å²) in [6.07, 6.45) is 1.69. The molecular formula is C14H12Cl2N2O3. The summed E-state index contributed by atoms with van der Waals surface area (Å²) in [7, 11) is 0. The van der Waals surface area contributed by atoms with Gasteiger partial charge in [-0.05, 0) is 31.0 Å². The van der Waals surface area contributed by atoms with E-state index in [1.807, 2.05) is 0 Å². The fourth-order valence-corrected chi connectivity index (χ4v) is 2.76. The highest BCUT2D eigenvalue weighted by molar-refractivity contribution is 6.42. The van der Waals surface area contributed by atoms with Crippen molar-refractivity contribution < 1.29 is 14.4 Å². The Bertz CT molecular complexity index is 643. The maximum absolute atomic E-state index is 12.7. The van der Waals surface area contributed by atoms with Crippen molar-refractivity contribution in [3.63, 3.8) is 0 Å². The first kappa shape index (κ1) is 14.4. The van der Waals surface area contributed by atoms with Crippen LogP contribution < -0.4 is 5.32 Å². The van der Waals surface area contributed by atoms with Crippen LogP contribution in [-0.4, -0.2) is 34.7 Å². The number of imide groups is 1. The van der Waals surface area contributed by atoms with E-state index in [1.54, 1.807) is 12.1 Å². The number of amides is 3. The molecule has 2 aliphatic rings. The van der Waals surface area contributed by atoms with Crippen molar-refractivity contribution in [2.75, 3.05) is 0 Å². The predicted molar refractivity (Wildman–Crippen MR) is 77.2 cm³/mol. The van der Waals surface area contributed by atoms with Gasteiger partial charge >= 0.3 is 0 Å². The topological polar surface area (TPSA) is 66.5 Å². The summed E-state index contributed by atoms with van der Waals surface area (Å²) in [6.45, 7) is 0. The fourth-order valence-electron chi connectivity index (χ4n) is 2.46. The molecule has 0 spiro atoms. The first-order valence-corrected chi connectivity index (χ1v) is 7.34. The summed E-state index contributed by atoms with van der Waals surface area (Å²) >= 11 is 11.8. The maximum Gasteiger partial charge on any atom is 0.254 e. The van der Waals surface area contributed by atoms with Crippen molar-refractivity contribution in [2.24, 2.45) is 0 Å². The Morgan fingerprint density at radius 3 is 2.43 bits per heavy atom. The van der Waals surface area contributed by atoms with Gasteiger partial charge in [-0.25, -0.2) is 0 Å². The van der Waals surface area contributed by atoms with Crippen molar-refractivity contribution in [1.29, 1.82) is 0 Å². The van der Waals surface area contributed by atoms with Crippen molar-refractivity contribution >= 4 is 40.9 Å². The van der Waals surface area contributed by atoms with E-state index in [4.69, 9.17) is 23.2 Å². The lowest BCUT2D eigenvalue weighted by molar-refractivity contribution is -0.126. The molecule has 0 bridgehead atoms. The van der Waals surface area contributed by atoms with Crippen LogP contribution in [0.3, 0.4) is 0 Å². The quantitative estimate of drug-likeness (QED) is 0.864. The summed E-state index contributed by atoms with van der Waals surface area (Å²) < 4.78 is 0. The van der Waals surface area contributed by atoms with Crippen molar-refractivity contribution in [3.05, 3.63) is 33.8 Å². The summed E-state index contributed by atoms with van der Waals surface area (Å²) in [5.74, 6) is -1.07. The van der Waals surface area contributed by atoms with E-state index < -0.39 is 11.9 Å². The first-order valence-electron chi connectivity index (χ1n) is 6.59. The van der Waals surface area contributed by atoms with Crippen LogP contribution in [0.5, 0.6) is 0 Å². The lowest BCUT2D eigenvalue weighted by Gasteiger charge is -2.26. The Kier molecular flexibility index (Phi) is 3.63. The number of carbonyl (C=O) groups excluding carboxylic acids is 3. The molecule has 1 atom stereocenters. The van der Waals surface area contributed by atoms with Crippen LogP contribution in [0, 0.1) is 0 Å². The largest absolute Gasteiger partial charge is 0.323 e. The number of nitrogens with zero attached hydrogens (tertiary/aromatic N) is 1. The smallest absolute Gasteiger partial charge is 0.254 e. The molecule has 1 saturated heterocycles. The Balaban J connectivity index is 1.90. The van der Waals surface area contributed by atoms with E-state index in [2.05, 4.69) is 5.32 Å². The van der Waals surface area contributed by atoms with Gasteiger partial charge in [0.1, 0.15) is 6.04 Å². The molecule has 110 valence electrons. The molecule has 5 nitrogen and oxygen atoms in total. The van der Waals surface area contributed by atoms with E-state index in [0.29, 0.717) is 10.6 Å². The minimum atomic E-state index is -0.730. The molecule has 1 aliphatic carbocycles. The second-order valence-corrected chi connectivity index (χ2v) is 6.02.